The van der Waals surface area contributed by atoms with Gasteiger partial charge in [-0.1, -0.05) is 6.07 Å². The topological polar surface area (TPSA) is 52.4 Å². The van der Waals surface area contributed by atoms with Crippen molar-refractivity contribution in [3.63, 3.8) is 0 Å². The van der Waals surface area contributed by atoms with Crippen LogP contribution in [-0.4, -0.2) is 11.0 Å². The van der Waals surface area contributed by atoms with Crippen molar-refractivity contribution in [3.8, 4) is 5.75 Å². The lowest BCUT2D eigenvalue weighted by Crippen LogP contribution is -2.01. The lowest BCUT2D eigenvalue weighted by molar-refractivity contribution is -0.388. The molecule has 0 bridgehead atoms. The Labute approximate surface area is 79.5 Å². The third-order valence-corrected chi connectivity index (χ3v) is 1.95. The van der Waals surface area contributed by atoms with E-state index in [0.717, 1.165) is 18.9 Å². The van der Waals surface area contributed by atoms with Crippen LogP contribution in [0.1, 0.15) is 12.8 Å². The van der Waals surface area contributed by atoms with Gasteiger partial charge in [-0.3, -0.25) is 10.1 Å². The number of halogens is 1. The summed E-state index contributed by atoms with van der Waals surface area (Å²) in [6.07, 6.45) is 1.79. The molecule has 1 aliphatic carbocycles. The van der Waals surface area contributed by atoms with Gasteiger partial charge in [0, 0.05) is 0 Å². The van der Waals surface area contributed by atoms with E-state index in [1.807, 2.05) is 0 Å². The van der Waals surface area contributed by atoms with Crippen molar-refractivity contribution in [1.29, 1.82) is 0 Å². The number of nitro benzene ring substituents is 1. The van der Waals surface area contributed by atoms with Crippen LogP contribution in [0.15, 0.2) is 18.2 Å². The number of ether oxygens (including phenoxy) is 1. The Bertz CT molecular complexity index is 376. The molecule has 1 aromatic carbocycles. The van der Waals surface area contributed by atoms with Crippen LogP contribution in [0, 0.1) is 15.9 Å². The van der Waals surface area contributed by atoms with E-state index in [2.05, 4.69) is 0 Å². The molecule has 0 spiro atoms. The van der Waals surface area contributed by atoms with Gasteiger partial charge in [0.15, 0.2) is 0 Å². The second-order valence-electron chi connectivity index (χ2n) is 3.16. The molecule has 0 N–H and O–H groups in total. The minimum absolute atomic E-state index is 0.0236. The summed E-state index contributed by atoms with van der Waals surface area (Å²) in [4.78, 5) is 9.77. The fourth-order valence-electron chi connectivity index (χ4n) is 1.13. The summed E-state index contributed by atoms with van der Waals surface area (Å²) in [5.74, 6) is -0.828. The van der Waals surface area contributed by atoms with E-state index in [1.165, 1.54) is 12.1 Å². The average molecular weight is 197 g/mol. The second-order valence-corrected chi connectivity index (χ2v) is 3.16. The number of hydrogen-bond donors (Lipinski definition) is 0. The molecule has 5 heteroatoms. The van der Waals surface area contributed by atoms with E-state index >= 15 is 0 Å². The zero-order valence-corrected chi connectivity index (χ0v) is 7.27. The van der Waals surface area contributed by atoms with Gasteiger partial charge < -0.3 is 4.74 Å². The summed E-state index contributed by atoms with van der Waals surface area (Å²) >= 11 is 0. The molecule has 0 amide bonds. The van der Waals surface area contributed by atoms with Gasteiger partial charge in [-0.2, -0.15) is 4.39 Å². The van der Waals surface area contributed by atoms with E-state index in [1.54, 1.807) is 0 Å². The van der Waals surface area contributed by atoms with E-state index in [4.69, 9.17) is 4.74 Å². The zero-order chi connectivity index (χ0) is 10.1. The molecule has 4 nitrogen and oxygen atoms in total. The van der Waals surface area contributed by atoms with E-state index in [0.29, 0.717) is 0 Å². The molecule has 0 unspecified atom stereocenters. The summed E-state index contributed by atoms with van der Waals surface area (Å²) in [6, 6.07) is 3.87. The molecule has 74 valence electrons. The van der Waals surface area contributed by atoms with Crippen molar-refractivity contribution in [2.75, 3.05) is 0 Å². The van der Waals surface area contributed by atoms with Gasteiger partial charge in [-0.15, -0.1) is 0 Å². The van der Waals surface area contributed by atoms with Crippen LogP contribution in [0.5, 0.6) is 5.75 Å². The Morgan fingerprint density at radius 3 is 2.79 bits per heavy atom. The van der Waals surface area contributed by atoms with Crippen molar-refractivity contribution in [2.45, 2.75) is 18.9 Å². The van der Waals surface area contributed by atoms with Crippen LogP contribution in [0.25, 0.3) is 0 Å². The van der Waals surface area contributed by atoms with E-state index < -0.39 is 16.4 Å². The molecule has 0 aromatic heterocycles. The number of hydrogen-bond acceptors (Lipinski definition) is 3. The first kappa shape index (κ1) is 8.93. The summed E-state index contributed by atoms with van der Waals surface area (Å²) < 4.78 is 18.3. The van der Waals surface area contributed by atoms with Crippen molar-refractivity contribution < 1.29 is 14.1 Å². The molecule has 1 saturated carbocycles. The molecule has 1 aromatic rings. The summed E-state index contributed by atoms with van der Waals surface area (Å²) in [6.45, 7) is 0. The Morgan fingerprint density at radius 1 is 1.50 bits per heavy atom. The average Bonchev–Trinajstić information content (AvgIpc) is 2.87. The lowest BCUT2D eigenvalue weighted by atomic mass is 10.3. The van der Waals surface area contributed by atoms with Crippen LogP contribution in [0.3, 0.4) is 0 Å². The van der Waals surface area contributed by atoms with Crippen molar-refractivity contribution in [2.24, 2.45) is 0 Å². The van der Waals surface area contributed by atoms with Gasteiger partial charge in [-0.05, 0) is 25.0 Å². The molecule has 0 atom stereocenters. The first-order chi connectivity index (χ1) is 6.68. The Hall–Kier alpha value is -1.65. The fraction of sp³-hybridized carbons (Fsp3) is 0.333. The number of rotatable bonds is 3. The van der Waals surface area contributed by atoms with Crippen LogP contribution in [-0.2, 0) is 0 Å². The number of benzene rings is 1. The largest absolute Gasteiger partial charge is 0.483 e. The maximum absolute atomic E-state index is 13.1. The molecule has 0 aliphatic heterocycles. The normalized spacial score (nSPS) is 15.2. The maximum Gasteiger partial charge on any atom is 0.346 e. The van der Waals surface area contributed by atoms with Gasteiger partial charge in [0.1, 0.15) is 0 Å². The van der Waals surface area contributed by atoms with Gasteiger partial charge in [0.2, 0.25) is 11.6 Å². The van der Waals surface area contributed by atoms with E-state index in [-0.39, 0.29) is 11.9 Å². The fourth-order valence-corrected chi connectivity index (χ4v) is 1.13. The van der Waals surface area contributed by atoms with Gasteiger partial charge in [0.05, 0.1) is 11.0 Å². The van der Waals surface area contributed by atoms with Crippen molar-refractivity contribution >= 4 is 5.69 Å². The molecule has 1 fully saturated rings. The molecular formula is C9H8FNO3. The predicted octanol–water partition coefficient (Wildman–Crippen LogP) is 2.28. The highest BCUT2D eigenvalue weighted by molar-refractivity contribution is 5.47. The molecule has 0 saturated heterocycles. The van der Waals surface area contributed by atoms with Gasteiger partial charge in [0.25, 0.3) is 0 Å². The molecule has 14 heavy (non-hydrogen) atoms. The highest BCUT2D eigenvalue weighted by atomic mass is 19.1. The summed E-state index contributed by atoms with van der Waals surface area (Å²) in [5, 5.41) is 10.5. The minimum Gasteiger partial charge on any atom is -0.483 e. The number of para-hydroxylation sites is 1. The lowest BCUT2D eigenvalue weighted by Gasteiger charge is -2.04. The monoisotopic (exact) mass is 197 g/mol. The number of nitro groups is 1. The zero-order valence-electron chi connectivity index (χ0n) is 7.27. The summed E-state index contributed by atoms with van der Waals surface area (Å²) in [7, 11) is 0. The molecule has 0 radical (unpaired) electrons. The summed E-state index contributed by atoms with van der Waals surface area (Å²) in [5.41, 5.74) is -0.570. The van der Waals surface area contributed by atoms with Gasteiger partial charge >= 0.3 is 5.69 Å². The maximum atomic E-state index is 13.1. The Balaban J connectivity index is 2.35. The van der Waals surface area contributed by atoms with Crippen molar-refractivity contribution in [1.82, 2.24) is 0 Å². The SMILES string of the molecule is O=[N+]([O-])c1c(F)cccc1OC1CC1. The molecule has 1 aliphatic rings. The quantitative estimate of drug-likeness (QED) is 0.551. The highest BCUT2D eigenvalue weighted by Crippen LogP contribution is 2.34. The standard InChI is InChI=1S/C9H8FNO3/c10-7-2-1-3-8(9(7)11(12)13)14-6-4-5-6/h1-3,6H,4-5H2. The van der Waals surface area contributed by atoms with Crippen LogP contribution in [0.2, 0.25) is 0 Å². The Kier molecular flexibility index (Phi) is 2.07. The first-order valence-corrected chi connectivity index (χ1v) is 4.28. The van der Waals surface area contributed by atoms with Gasteiger partial charge in [-0.25, -0.2) is 0 Å². The first-order valence-electron chi connectivity index (χ1n) is 4.28. The minimum atomic E-state index is -0.854. The molecule has 2 rings (SSSR count). The number of nitrogens with zero attached hydrogens (tertiary/aromatic N) is 1. The van der Waals surface area contributed by atoms with Crippen LogP contribution < -0.4 is 4.74 Å². The molecule has 0 heterocycles. The van der Waals surface area contributed by atoms with Crippen molar-refractivity contribution in [3.05, 3.63) is 34.1 Å². The second kappa shape index (κ2) is 3.25. The smallest absolute Gasteiger partial charge is 0.346 e. The van der Waals surface area contributed by atoms with Crippen LogP contribution in [0.4, 0.5) is 10.1 Å². The molecular weight excluding hydrogens is 189 g/mol. The predicted molar refractivity (Wildman–Crippen MR) is 46.7 cm³/mol. The van der Waals surface area contributed by atoms with E-state index in [9.17, 15) is 14.5 Å². The highest BCUT2D eigenvalue weighted by Gasteiger charge is 2.29. The Morgan fingerprint density at radius 2 is 2.21 bits per heavy atom. The van der Waals surface area contributed by atoms with Crippen LogP contribution >= 0.6 is 0 Å². The third kappa shape index (κ3) is 1.66. The third-order valence-electron chi connectivity index (χ3n) is 1.95.